The zero-order valence-corrected chi connectivity index (χ0v) is 13.5. The van der Waals surface area contributed by atoms with Gasteiger partial charge in [-0.05, 0) is 29.8 Å². The number of halogens is 3. The van der Waals surface area contributed by atoms with Crippen molar-refractivity contribution in [3.63, 3.8) is 0 Å². The number of aromatic nitrogens is 1. The SMILES string of the molecule is O=C(Nc1ccc(NCc2ccccc2)cn1)c1ccc(F)c(F)c1F. The zero-order valence-electron chi connectivity index (χ0n) is 13.5. The van der Waals surface area contributed by atoms with E-state index in [2.05, 4.69) is 15.6 Å². The molecule has 0 spiro atoms. The molecule has 3 rings (SSSR count). The molecule has 26 heavy (non-hydrogen) atoms. The summed E-state index contributed by atoms with van der Waals surface area (Å²) in [5, 5.41) is 5.51. The highest BCUT2D eigenvalue weighted by atomic mass is 19.2. The molecule has 0 aliphatic rings. The van der Waals surface area contributed by atoms with Crippen LogP contribution in [-0.4, -0.2) is 10.9 Å². The van der Waals surface area contributed by atoms with Crippen LogP contribution in [0, 0.1) is 17.5 Å². The van der Waals surface area contributed by atoms with E-state index in [0.29, 0.717) is 12.6 Å². The molecule has 2 N–H and O–H groups in total. The first-order valence-electron chi connectivity index (χ1n) is 7.73. The number of anilines is 2. The Morgan fingerprint density at radius 2 is 1.69 bits per heavy atom. The molecule has 0 bridgehead atoms. The second kappa shape index (κ2) is 7.69. The van der Waals surface area contributed by atoms with Crippen molar-refractivity contribution in [1.29, 1.82) is 0 Å². The first-order chi connectivity index (χ1) is 12.5. The third-order valence-corrected chi connectivity index (χ3v) is 3.62. The number of amides is 1. The molecule has 132 valence electrons. The molecule has 7 heteroatoms. The molecule has 0 saturated heterocycles. The van der Waals surface area contributed by atoms with Crippen molar-refractivity contribution in [3.05, 3.63) is 89.4 Å². The lowest BCUT2D eigenvalue weighted by Crippen LogP contribution is -2.16. The largest absolute Gasteiger partial charge is 0.380 e. The molecule has 3 aromatic rings. The molecule has 0 radical (unpaired) electrons. The number of hydrogen-bond acceptors (Lipinski definition) is 3. The van der Waals surface area contributed by atoms with E-state index in [1.807, 2.05) is 30.3 Å². The Balaban J connectivity index is 1.64. The van der Waals surface area contributed by atoms with Crippen molar-refractivity contribution in [2.45, 2.75) is 6.54 Å². The average Bonchev–Trinajstić information content (AvgIpc) is 2.66. The fourth-order valence-electron chi connectivity index (χ4n) is 2.26. The van der Waals surface area contributed by atoms with Gasteiger partial charge in [0.05, 0.1) is 17.4 Å². The summed E-state index contributed by atoms with van der Waals surface area (Å²) in [4.78, 5) is 16.0. The molecule has 0 fully saturated rings. The quantitative estimate of drug-likeness (QED) is 0.667. The summed E-state index contributed by atoms with van der Waals surface area (Å²) in [6.07, 6.45) is 1.50. The van der Waals surface area contributed by atoms with E-state index in [4.69, 9.17) is 0 Å². The van der Waals surface area contributed by atoms with Crippen LogP contribution in [0.1, 0.15) is 15.9 Å². The minimum atomic E-state index is -1.69. The van der Waals surface area contributed by atoms with E-state index < -0.39 is 28.9 Å². The number of benzene rings is 2. The van der Waals surface area contributed by atoms with Crippen LogP contribution in [0.4, 0.5) is 24.7 Å². The zero-order chi connectivity index (χ0) is 18.5. The van der Waals surface area contributed by atoms with Crippen LogP contribution in [-0.2, 0) is 6.54 Å². The maximum atomic E-state index is 13.6. The van der Waals surface area contributed by atoms with Crippen molar-refractivity contribution in [2.24, 2.45) is 0 Å². The van der Waals surface area contributed by atoms with E-state index in [1.54, 1.807) is 6.07 Å². The van der Waals surface area contributed by atoms with Crippen LogP contribution >= 0.6 is 0 Å². The maximum Gasteiger partial charge on any atom is 0.259 e. The van der Waals surface area contributed by atoms with Crippen molar-refractivity contribution >= 4 is 17.4 Å². The molecular formula is C19H14F3N3O. The fourth-order valence-corrected chi connectivity index (χ4v) is 2.26. The second-order valence-corrected chi connectivity index (χ2v) is 5.45. The number of pyridine rings is 1. The second-order valence-electron chi connectivity index (χ2n) is 5.45. The Hall–Kier alpha value is -3.35. The van der Waals surface area contributed by atoms with E-state index in [0.717, 1.165) is 17.3 Å². The van der Waals surface area contributed by atoms with Crippen LogP contribution in [0.25, 0.3) is 0 Å². The van der Waals surface area contributed by atoms with Gasteiger partial charge in [0.2, 0.25) is 0 Å². The fraction of sp³-hybridized carbons (Fsp3) is 0.0526. The first kappa shape index (κ1) is 17.5. The van der Waals surface area contributed by atoms with Gasteiger partial charge in [0.25, 0.3) is 5.91 Å². The number of carbonyl (C=O) groups excluding carboxylic acids is 1. The highest BCUT2D eigenvalue weighted by molar-refractivity contribution is 6.04. The van der Waals surface area contributed by atoms with E-state index >= 15 is 0 Å². The summed E-state index contributed by atoms with van der Waals surface area (Å²) >= 11 is 0. The molecule has 0 aliphatic carbocycles. The lowest BCUT2D eigenvalue weighted by atomic mass is 10.2. The predicted molar refractivity (Wildman–Crippen MR) is 92.3 cm³/mol. The minimum Gasteiger partial charge on any atom is -0.380 e. The average molecular weight is 357 g/mol. The van der Waals surface area contributed by atoms with Gasteiger partial charge in [0.15, 0.2) is 17.5 Å². The summed E-state index contributed by atoms with van der Waals surface area (Å²) in [5.41, 5.74) is 1.22. The van der Waals surface area contributed by atoms with Crippen molar-refractivity contribution in [2.75, 3.05) is 10.6 Å². The van der Waals surface area contributed by atoms with Gasteiger partial charge in [-0.3, -0.25) is 4.79 Å². The summed E-state index contributed by atoms with van der Waals surface area (Å²) in [7, 11) is 0. The number of rotatable bonds is 5. The predicted octanol–water partition coefficient (Wildman–Crippen LogP) is 4.36. The van der Waals surface area contributed by atoms with Gasteiger partial charge in [-0.15, -0.1) is 0 Å². The molecule has 0 saturated carbocycles. The molecule has 1 aromatic heterocycles. The molecule has 4 nitrogen and oxygen atoms in total. The monoisotopic (exact) mass is 357 g/mol. The topological polar surface area (TPSA) is 54.0 Å². The standard InChI is InChI=1S/C19H14F3N3O/c20-15-8-7-14(17(21)18(15)22)19(26)25-16-9-6-13(11-24-16)23-10-12-4-2-1-3-5-12/h1-9,11,23H,10H2,(H,24,25,26). The Morgan fingerprint density at radius 3 is 2.38 bits per heavy atom. The van der Waals surface area contributed by atoms with E-state index in [-0.39, 0.29) is 5.82 Å². The Kier molecular flexibility index (Phi) is 5.17. The van der Waals surface area contributed by atoms with Crippen LogP contribution < -0.4 is 10.6 Å². The summed E-state index contributed by atoms with van der Waals surface area (Å²) < 4.78 is 39.8. The van der Waals surface area contributed by atoms with Gasteiger partial charge in [-0.2, -0.15) is 0 Å². The maximum absolute atomic E-state index is 13.6. The molecule has 0 unspecified atom stereocenters. The number of carbonyl (C=O) groups is 1. The van der Waals surface area contributed by atoms with Crippen molar-refractivity contribution < 1.29 is 18.0 Å². The van der Waals surface area contributed by atoms with Gasteiger partial charge in [0, 0.05) is 6.54 Å². The molecule has 2 aromatic carbocycles. The van der Waals surface area contributed by atoms with Crippen LogP contribution in [0.15, 0.2) is 60.8 Å². The number of nitrogens with zero attached hydrogens (tertiary/aromatic N) is 1. The van der Waals surface area contributed by atoms with Gasteiger partial charge in [0.1, 0.15) is 5.82 Å². The molecule has 1 heterocycles. The molecule has 1 amide bonds. The first-order valence-corrected chi connectivity index (χ1v) is 7.73. The van der Waals surface area contributed by atoms with Crippen LogP contribution in [0.3, 0.4) is 0 Å². The third kappa shape index (κ3) is 4.00. The molecular weight excluding hydrogens is 343 g/mol. The van der Waals surface area contributed by atoms with E-state index in [1.165, 1.54) is 12.3 Å². The number of nitrogens with one attached hydrogen (secondary N) is 2. The molecule has 0 atom stereocenters. The van der Waals surface area contributed by atoms with Crippen LogP contribution in [0.2, 0.25) is 0 Å². The smallest absolute Gasteiger partial charge is 0.259 e. The summed E-state index contributed by atoms with van der Waals surface area (Å²) in [6, 6.07) is 14.5. The van der Waals surface area contributed by atoms with Crippen LogP contribution in [0.5, 0.6) is 0 Å². The number of hydrogen-bond donors (Lipinski definition) is 2. The van der Waals surface area contributed by atoms with Gasteiger partial charge in [-0.25, -0.2) is 18.2 Å². The molecule has 0 aliphatic heterocycles. The third-order valence-electron chi connectivity index (χ3n) is 3.62. The van der Waals surface area contributed by atoms with Gasteiger partial charge >= 0.3 is 0 Å². The van der Waals surface area contributed by atoms with Gasteiger partial charge < -0.3 is 10.6 Å². The summed E-state index contributed by atoms with van der Waals surface area (Å²) in [6.45, 7) is 0.605. The normalized spacial score (nSPS) is 10.4. The van der Waals surface area contributed by atoms with E-state index in [9.17, 15) is 18.0 Å². The Morgan fingerprint density at radius 1 is 0.923 bits per heavy atom. The lowest BCUT2D eigenvalue weighted by Gasteiger charge is -2.09. The Bertz CT molecular complexity index is 915. The van der Waals surface area contributed by atoms with Crippen molar-refractivity contribution in [3.8, 4) is 0 Å². The Labute approximate surface area is 147 Å². The van der Waals surface area contributed by atoms with Gasteiger partial charge in [-0.1, -0.05) is 30.3 Å². The highest BCUT2D eigenvalue weighted by Gasteiger charge is 2.19. The minimum absolute atomic E-state index is 0.157. The van der Waals surface area contributed by atoms with Crippen molar-refractivity contribution in [1.82, 2.24) is 4.98 Å². The highest BCUT2D eigenvalue weighted by Crippen LogP contribution is 2.17. The summed E-state index contributed by atoms with van der Waals surface area (Å²) in [5.74, 6) is -5.34. The lowest BCUT2D eigenvalue weighted by molar-refractivity contribution is 0.102.